The van der Waals surface area contributed by atoms with E-state index in [-0.39, 0.29) is 22.3 Å². The third-order valence-corrected chi connectivity index (χ3v) is 4.06. The maximum Gasteiger partial charge on any atom is 0.337 e. The minimum atomic E-state index is -1.15. The molecule has 0 saturated heterocycles. The molecule has 2 aromatic carbocycles. The average molecular weight is 461 g/mol. The normalized spacial score (nSPS) is 10.0. The van der Waals surface area contributed by atoms with Crippen LogP contribution in [-0.2, 0) is 0 Å². The molecule has 3 N–H and O–H groups in total. The molecule has 0 spiro atoms. The van der Waals surface area contributed by atoms with E-state index in [2.05, 4.69) is 10.6 Å². The zero-order chi connectivity index (χ0) is 17.0. The van der Waals surface area contributed by atoms with Gasteiger partial charge in [-0.15, -0.1) is 0 Å². The van der Waals surface area contributed by atoms with Crippen molar-refractivity contribution in [2.45, 2.75) is 0 Å². The van der Waals surface area contributed by atoms with E-state index in [1.54, 1.807) is 36.4 Å². The van der Waals surface area contributed by atoms with Gasteiger partial charge in [0.05, 0.1) is 11.3 Å². The van der Waals surface area contributed by atoms with E-state index in [1.165, 1.54) is 6.07 Å². The monoisotopic (exact) mass is 460 g/mol. The van der Waals surface area contributed by atoms with Crippen LogP contribution in [0, 0.1) is 3.57 Å². The van der Waals surface area contributed by atoms with E-state index in [9.17, 15) is 14.7 Å². The van der Waals surface area contributed by atoms with Crippen LogP contribution in [0.1, 0.15) is 20.7 Å². The van der Waals surface area contributed by atoms with Crippen molar-refractivity contribution in [1.29, 1.82) is 0 Å². The number of aromatic carboxylic acids is 1. The highest BCUT2D eigenvalue weighted by molar-refractivity contribution is 14.1. The molecular weight excluding hydrogens is 451 g/mol. The highest BCUT2D eigenvalue weighted by Gasteiger charge is 2.17. The van der Waals surface area contributed by atoms with Crippen molar-refractivity contribution in [3.8, 4) is 0 Å². The van der Waals surface area contributed by atoms with Crippen molar-refractivity contribution in [2.24, 2.45) is 0 Å². The number of hydrogen-bond acceptors (Lipinski definition) is 3. The summed E-state index contributed by atoms with van der Waals surface area (Å²) in [6, 6.07) is 11.5. The van der Waals surface area contributed by atoms with Gasteiger partial charge in [-0.3, -0.25) is 10.1 Å². The fraction of sp³-hybridized carbons (Fsp3) is 0. The van der Waals surface area contributed by atoms with Crippen LogP contribution in [0.25, 0.3) is 0 Å². The van der Waals surface area contributed by atoms with E-state index in [1.807, 2.05) is 22.6 Å². The Balaban J connectivity index is 2.18. The Morgan fingerprint density at radius 1 is 1.17 bits per heavy atom. The molecule has 8 heteroatoms. The Kier molecular flexibility index (Phi) is 5.91. The summed E-state index contributed by atoms with van der Waals surface area (Å²) < 4.78 is 0.573. The molecule has 0 aliphatic heterocycles. The lowest BCUT2D eigenvalue weighted by molar-refractivity contribution is 0.0697. The molecule has 0 atom stereocenters. The second-order valence-corrected chi connectivity index (χ2v) is 6.40. The van der Waals surface area contributed by atoms with Crippen LogP contribution in [0.3, 0.4) is 0 Å². The molecule has 0 unspecified atom stereocenters. The van der Waals surface area contributed by atoms with Gasteiger partial charge in [-0.25, -0.2) is 4.79 Å². The smallest absolute Gasteiger partial charge is 0.337 e. The van der Waals surface area contributed by atoms with Crippen LogP contribution in [0.5, 0.6) is 0 Å². The average Bonchev–Trinajstić information content (AvgIpc) is 2.50. The molecule has 2 aromatic rings. The first-order chi connectivity index (χ1) is 10.9. The van der Waals surface area contributed by atoms with Crippen LogP contribution in [-0.4, -0.2) is 22.1 Å². The summed E-state index contributed by atoms with van der Waals surface area (Å²) in [5.74, 6) is -1.53. The third-order valence-electron chi connectivity index (χ3n) is 2.79. The number of rotatable bonds is 3. The molecule has 0 fully saturated rings. The highest BCUT2D eigenvalue weighted by Crippen LogP contribution is 2.27. The number of thiocarbonyl (C=S) groups is 1. The summed E-state index contributed by atoms with van der Waals surface area (Å²) in [4.78, 5) is 23.3. The van der Waals surface area contributed by atoms with Crippen molar-refractivity contribution >= 4 is 69.1 Å². The standard InChI is InChI=1S/C15H10ClIN2O3S/c16-9-6-10(14(21)22)12(11(17)7-9)18-15(23)19-13(20)8-4-2-1-3-5-8/h1-7H,(H,21,22)(H2,18,19,20,23). The molecule has 0 aliphatic rings. The Bertz CT molecular complexity index is 784. The molecule has 0 saturated carbocycles. The summed E-state index contributed by atoms with van der Waals surface area (Å²) >= 11 is 12.9. The van der Waals surface area contributed by atoms with E-state index >= 15 is 0 Å². The lowest BCUT2D eigenvalue weighted by atomic mass is 10.2. The lowest BCUT2D eigenvalue weighted by Gasteiger charge is -2.14. The number of anilines is 1. The zero-order valence-corrected chi connectivity index (χ0v) is 15.2. The van der Waals surface area contributed by atoms with Crippen molar-refractivity contribution in [1.82, 2.24) is 5.32 Å². The van der Waals surface area contributed by atoms with Gasteiger partial charge < -0.3 is 10.4 Å². The van der Waals surface area contributed by atoms with Gasteiger partial charge in [0.25, 0.3) is 5.91 Å². The number of carboxylic acid groups (broad SMARTS) is 1. The van der Waals surface area contributed by atoms with Gasteiger partial charge in [0, 0.05) is 14.2 Å². The van der Waals surface area contributed by atoms with Crippen molar-refractivity contribution in [3.63, 3.8) is 0 Å². The van der Waals surface area contributed by atoms with E-state index in [0.717, 1.165) is 0 Å². The first-order valence-electron chi connectivity index (χ1n) is 6.28. The Hall–Kier alpha value is -1.71. The second kappa shape index (κ2) is 7.71. The van der Waals surface area contributed by atoms with Gasteiger partial charge in [-0.1, -0.05) is 29.8 Å². The fourth-order valence-electron chi connectivity index (χ4n) is 1.78. The largest absolute Gasteiger partial charge is 0.478 e. The molecule has 5 nitrogen and oxygen atoms in total. The van der Waals surface area contributed by atoms with Gasteiger partial charge in [-0.2, -0.15) is 0 Å². The molecule has 0 heterocycles. The van der Waals surface area contributed by atoms with Gasteiger partial charge in [-0.05, 0) is 59.1 Å². The number of carbonyl (C=O) groups is 2. The molecule has 0 bridgehead atoms. The molecule has 118 valence electrons. The summed E-state index contributed by atoms with van der Waals surface area (Å²) in [7, 11) is 0. The van der Waals surface area contributed by atoms with E-state index in [0.29, 0.717) is 14.2 Å². The fourth-order valence-corrected chi connectivity index (χ4v) is 3.14. The van der Waals surface area contributed by atoms with Crippen LogP contribution in [0.15, 0.2) is 42.5 Å². The molecule has 2 rings (SSSR count). The first-order valence-corrected chi connectivity index (χ1v) is 8.14. The minimum Gasteiger partial charge on any atom is -0.478 e. The summed E-state index contributed by atoms with van der Waals surface area (Å²) in [6.45, 7) is 0. The molecule has 0 radical (unpaired) electrons. The quantitative estimate of drug-likeness (QED) is 0.480. The van der Waals surface area contributed by atoms with Gasteiger partial charge in [0.1, 0.15) is 0 Å². The Morgan fingerprint density at radius 2 is 1.83 bits per heavy atom. The molecule has 0 aromatic heterocycles. The first kappa shape index (κ1) is 17.6. The number of carboxylic acids is 1. The van der Waals surface area contributed by atoms with Crippen LogP contribution in [0.4, 0.5) is 5.69 Å². The molecule has 23 heavy (non-hydrogen) atoms. The van der Waals surface area contributed by atoms with E-state index in [4.69, 9.17) is 23.8 Å². The number of nitrogens with one attached hydrogen (secondary N) is 2. The Morgan fingerprint density at radius 3 is 2.43 bits per heavy atom. The molecule has 1 amide bonds. The summed E-state index contributed by atoms with van der Waals surface area (Å²) in [6.07, 6.45) is 0. The van der Waals surface area contributed by atoms with E-state index < -0.39 is 5.97 Å². The third kappa shape index (κ3) is 4.63. The second-order valence-electron chi connectivity index (χ2n) is 4.39. The van der Waals surface area contributed by atoms with Crippen molar-refractivity contribution in [3.05, 3.63) is 62.2 Å². The van der Waals surface area contributed by atoms with Gasteiger partial charge in [0.2, 0.25) is 0 Å². The van der Waals surface area contributed by atoms with Crippen LogP contribution >= 0.6 is 46.4 Å². The number of benzene rings is 2. The highest BCUT2D eigenvalue weighted by atomic mass is 127. The van der Waals surface area contributed by atoms with Gasteiger partial charge in [0.15, 0.2) is 5.11 Å². The topological polar surface area (TPSA) is 78.4 Å². The SMILES string of the molecule is O=C(NC(=S)Nc1c(I)cc(Cl)cc1C(=O)O)c1ccccc1. The number of carbonyl (C=O) groups excluding carboxylic acids is 1. The van der Waals surface area contributed by atoms with Crippen LogP contribution < -0.4 is 10.6 Å². The molecule has 0 aliphatic carbocycles. The maximum atomic E-state index is 12.0. The van der Waals surface area contributed by atoms with Crippen molar-refractivity contribution in [2.75, 3.05) is 5.32 Å². The predicted molar refractivity (Wildman–Crippen MR) is 101 cm³/mol. The Labute approximate surface area is 156 Å². The number of hydrogen-bond donors (Lipinski definition) is 3. The zero-order valence-electron chi connectivity index (χ0n) is 11.5. The lowest BCUT2D eigenvalue weighted by Crippen LogP contribution is -2.34. The number of amides is 1. The van der Waals surface area contributed by atoms with Crippen molar-refractivity contribution < 1.29 is 14.7 Å². The van der Waals surface area contributed by atoms with Crippen LogP contribution in [0.2, 0.25) is 5.02 Å². The predicted octanol–water partition coefficient (Wildman–Crippen LogP) is 3.77. The minimum absolute atomic E-state index is 0.00147. The number of halogens is 2. The summed E-state index contributed by atoms with van der Waals surface area (Å²) in [5.41, 5.74) is 0.694. The summed E-state index contributed by atoms with van der Waals surface area (Å²) in [5, 5.41) is 14.8. The van der Waals surface area contributed by atoms with Gasteiger partial charge >= 0.3 is 5.97 Å². The maximum absolute atomic E-state index is 12.0. The molecular formula is C15H10ClIN2O3S.